The van der Waals surface area contributed by atoms with Crippen LogP contribution in [0.15, 0.2) is 4.99 Å². The number of carbonyl (C=O) groups is 1. The van der Waals surface area contributed by atoms with Crippen molar-refractivity contribution in [2.24, 2.45) is 10.7 Å². The van der Waals surface area contributed by atoms with Crippen LogP contribution in [0.2, 0.25) is 0 Å². The first-order valence-electron chi connectivity index (χ1n) is 2.65. The van der Waals surface area contributed by atoms with Gasteiger partial charge in [0.25, 0.3) is 0 Å². The molecule has 0 radical (unpaired) electrons. The van der Waals surface area contributed by atoms with Crippen LogP contribution in [0.3, 0.4) is 0 Å². The summed E-state index contributed by atoms with van der Waals surface area (Å²) >= 11 is 0. The number of nitrogens with two attached hydrogens (primary N) is 1. The van der Waals surface area contributed by atoms with E-state index in [1.165, 1.54) is 6.21 Å². The maximum absolute atomic E-state index is 10.0. The van der Waals surface area contributed by atoms with Gasteiger partial charge >= 0.3 is 0 Å². The Hall–Kier alpha value is -0.900. The van der Waals surface area contributed by atoms with Gasteiger partial charge in [-0.25, -0.2) is 0 Å². The molecule has 0 aromatic rings. The number of amides is 1. The molecule has 0 aliphatic rings. The molecule has 0 unspecified atom stereocenters. The van der Waals surface area contributed by atoms with Gasteiger partial charge in [0.1, 0.15) is 0 Å². The van der Waals surface area contributed by atoms with Crippen molar-refractivity contribution in [2.45, 2.75) is 6.42 Å². The van der Waals surface area contributed by atoms with Crippen molar-refractivity contribution in [3.8, 4) is 0 Å². The van der Waals surface area contributed by atoms with Gasteiger partial charge in [0.2, 0.25) is 5.91 Å². The minimum atomic E-state index is -0.370. The van der Waals surface area contributed by atoms with E-state index in [0.717, 1.165) is 0 Å². The van der Waals surface area contributed by atoms with Gasteiger partial charge < -0.3 is 10.8 Å². The molecule has 0 aromatic heterocycles. The Morgan fingerprint density at radius 2 is 2.44 bits per heavy atom. The molecule has 0 saturated heterocycles. The number of aliphatic imine (C=N–C) groups is 1. The number of aliphatic hydroxyl groups is 1. The smallest absolute Gasteiger partial charge is 0.219 e. The Morgan fingerprint density at radius 1 is 1.78 bits per heavy atom. The van der Waals surface area contributed by atoms with E-state index in [1.54, 1.807) is 0 Å². The molecule has 52 valence electrons. The molecule has 0 rings (SSSR count). The van der Waals surface area contributed by atoms with Crippen LogP contribution in [0.25, 0.3) is 0 Å². The van der Waals surface area contributed by atoms with Crippen molar-refractivity contribution in [2.75, 3.05) is 13.2 Å². The van der Waals surface area contributed by atoms with E-state index in [9.17, 15) is 4.79 Å². The number of hydrogen-bond acceptors (Lipinski definition) is 3. The zero-order valence-corrected chi connectivity index (χ0v) is 5.08. The van der Waals surface area contributed by atoms with Gasteiger partial charge in [-0.05, 0) is 0 Å². The Kier molecular flexibility index (Phi) is 4.72. The Balaban J connectivity index is 3.09. The summed E-state index contributed by atoms with van der Waals surface area (Å²) in [7, 11) is 0. The summed E-state index contributed by atoms with van der Waals surface area (Å²) < 4.78 is 0. The van der Waals surface area contributed by atoms with Crippen molar-refractivity contribution >= 4 is 12.1 Å². The van der Waals surface area contributed by atoms with Gasteiger partial charge in [0.15, 0.2) is 0 Å². The second-order valence-corrected chi connectivity index (χ2v) is 1.49. The third kappa shape index (κ3) is 7.10. The van der Waals surface area contributed by atoms with Crippen LogP contribution in [0.5, 0.6) is 0 Å². The van der Waals surface area contributed by atoms with Gasteiger partial charge in [0, 0.05) is 19.2 Å². The average Bonchev–Trinajstić information content (AvgIpc) is 1.80. The molecule has 0 fully saturated rings. The van der Waals surface area contributed by atoms with E-state index in [0.29, 0.717) is 6.54 Å². The Morgan fingerprint density at radius 3 is 2.89 bits per heavy atom. The SMILES string of the molecule is NC(=O)CCN=CCO. The highest BCUT2D eigenvalue weighted by molar-refractivity contribution is 5.74. The van der Waals surface area contributed by atoms with Crippen LogP contribution in [0.1, 0.15) is 6.42 Å². The van der Waals surface area contributed by atoms with Gasteiger partial charge in [-0.3, -0.25) is 9.79 Å². The van der Waals surface area contributed by atoms with Crippen molar-refractivity contribution in [1.82, 2.24) is 0 Å². The highest BCUT2D eigenvalue weighted by atomic mass is 16.2. The standard InChI is InChI=1S/C5H10N2O2/c6-5(9)1-2-7-3-4-8/h3,8H,1-2,4H2,(H2,6,9). The molecule has 0 heterocycles. The fourth-order valence-corrected chi connectivity index (χ4v) is 0.324. The second kappa shape index (κ2) is 5.24. The monoisotopic (exact) mass is 130 g/mol. The molecule has 0 saturated carbocycles. The van der Waals surface area contributed by atoms with Gasteiger partial charge in [-0.15, -0.1) is 0 Å². The minimum absolute atomic E-state index is 0.0846. The zero-order chi connectivity index (χ0) is 7.11. The summed E-state index contributed by atoms with van der Waals surface area (Å²) in [5, 5.41) is 8.17. The van der Waals surface area contributed by atoms with E-state index in [2.05, 4.69) is 4.99 Å². The first-order valence-corrected chi connectivity index (χ1v) is 2.65. The van der Waals surface area contributed by atoms with Crippen molar-refractivity contribution in [3.63, 3.8) is 0 Å². The first-order chi connectivity index (χ1) is 4.27. The van der Waals surface area contributed by atoms with Crippen LogP contribution in [-0.4, -0.2) is 30.4 Å². The van der Waals surface area contributed by atoms with Gasteiger partial charge in [-0.1, -0.05) is 0 Å². The summed E-state index contributed by atoms with van der Waals surface area (Å²) in [6.45, 7) is 0.286. The first kappa shape index (κ1) is 8.10. The lowest BCUT2D eigenvalue weighted by Gasteiger charge is -1.86. The highest BCUT2D eigenvalue weighted by Gasteiger charge is 1.88. The van der Waals surface area contributed by atoms with Crippen LogP contribution >= 0.6 is 0 Å². The number of aliphatic hydroxyl groups excluding tert-OH is 1. The van der Waals surface area contributed by atoms with Crippen LogP contribution in [0.4, 0.5) is 0 Å². The molecule has 4 nitrogen and oxygen atoms in total. The third-order valence-electron chi connectivity index (χ3n) is 0.698. The maximum Gasteiger partial charge on any atom is 0.219 e. The molecule has 0 atom stereocenters. The van der Waals surface area contributed by atoms with Crippen LogP contribution < -0.4 is 5.73 Å². The summed E-state index contributed by atoms with van der Waals surface area (Å²) in [6, 6.07) is 0. The lowest BCUT2D eigenvalue weighted by molar-refractivity contribution is -0.117. The summed E-state index contributed by atoms with van der Waals surface area (Å²) in [4.78, 5) is 13.7. The molecule has 4 heteroatoms. The van der Waals surface area contributed by atoms with Crippen LogP contribution in [-0.2, 0) is 4.79 Å². The zero-order valence-electron chi connectivity index (χ0n) is 5.08. The van der Waals surface area contributed by atoms with Gasteiger partial charge in [-0.2, -0.15) is 0 Å². The molecular weight excluding hydrogens is 120 g/mol. The quantitative estimate of drug-likeness (QED) is 0.475. The van der Waals surface area contributed by atoms with Crippen LogP contribution in [0, 0.1) is 0 Å². The van der Waals surface area contributed by atoms with Crippen molar-refractivity contribution in [1.29, 1.82) is 0 Å². The summed E-state index contributed by atoms with van der Waals surface area (Å²) in [6.07, 6.45) is 1.58. The number of carbonyl (C=O) groups excluding carboxylic acids is 1. The fraction of sp³-hybridized carbons (Fsp3) is 0.600. The molecule has 0 spiro atoms. The fourth-order valence-electron chi connectivity index (χ4n) is 0.324. The lowest BCUT2D eigenvalue weighted by Crippen LogP contribution is -2.11. The summed E-state index contributed by atoms with van der Waals surface area (Å²) in [5.74, 6) is -0.370. The highest BCUT2D eigenvalue weighted by Crippen LogP contribution is 1.75. The Bertz CT molecular complexity index is 112. The molecular formula is C5H10N2O2. The number of rotatable bonds is 4. The predicted molar refractivity (Wildman–Crippen MR) is 34.3 cm³/mol. The molecule has 1 amide bonds. The van der Waals surface area contributed by atoms with Crippen molar-refractivity contribution in [3.05, 3.63) is 0 Å². The molecule has 0 bridgehead atoms. The molecule has 3 N–H and O–H groups in total. The van der Waals surface area contributed by atoms with E-state index in [1.807, 2.05) is 0 Å². The lowest BCUT2D eigenvalue weighted by atomic mass is 10.4. The summed E-state index contributed by atoms with van der Waals surface area (Å²) in [5.41, 5.74) is 4.80. The minimum Gasteiger partial charge on any atom is -0.391 e. The predicted octanol–water partition coefficient (Wildman–Crippen LogP) is -1.08. The normalized spacial score (nSPS) is 10.3. The number of nitrogens with zero attached hydrogens (tertiary/aromatic N) is 1. The van der Waals surface area contributed by atoms with E-state index in [-0.39, 0.29) is 18.9 Å². The topological polar surface area (TPSA) is 75.7 Å². The molecule has 0 aliphatic heterocycles. The molecule has 9 heavy (non-hydrogen) atoms. The van der Waals surface area contributed by atoms with E-state index in [4.69, 9.17) is 10.8 Å². The number of primary amides is 1. The number of hydrogen-bond donors (Lipinski definition) is 2. The molecule has 0 aromatic carbocycles. The third-order valence-corrected chi connectivity index (χ3v) is 0.698. The largest absolute Gasteiger partial charge is 0.391 e. The van der Waals surface area contributed by atoms with Gasteiger partial charge in [0.05, 0.1) is 6.61 Å². The second-order valence-electron chi connectivity index (χ2n) is 1.49. The van der Waals surface area contributed by atoms with E-state index >= 15 is 0 Å². The maximum atomic E-state index is 10.0. The van der Waals surface area contributed by atoms with E-state index < -0.39 is 0 Å². The molecule has 0 aliphatic carbocycles. The van der Waals surface area contributed by atoms with Crippen molar-refractivity contribution < 1.29 is 9.90 Å². The average molecular weight is 130 g/mol. The Labute approximate surface area is 53.4 Å².